The fourth-order valence-electron chi connectivity index (χ4n) is 0.998. The van der Waals surface area contributed by atoms with Crippen molar-refractivity contribution in [3.05, 3.63) is 36.5 Å². The van der Waals surface area contributed by atoms with Crippen LogP contribution in [0.3, 0.4) is 0 Å². The first-order valence-corrected chi connectivity index (χ1v) is 7.80. The molecule has 0 amide bonds. The Balaban J connectivity index is 0. The molecular weight excluding hydrogens is 344 g/mol. The van der Waals surface area contributed by atoms with Gasteiger partial charge in [0.05, 0.1) is 19.8 Å². The van der Waals surface area contributed by atoms with Gasteiger partial charge in [0.2, 0.25) is 0 Å². The zero-order chi connectivity index (χ0) is 20.5. The molecule has 0 spiro atoms. The molecule has 0 aromatic heterocycles. The Morgan fingerprint density at radius 2 is 0.962 bits per heavy atom. The second-order valence-electron chi connectivity index (χ2n) is 5.08. The predicted molar refractivity (Wildman–Crippen MR) is 95.2 cm³/mol. The van der Waals surface area contributed by atoms with E-state index in [1.54, 1.807) is 20.8 Å². The third-order valence-electron chi connectivity index (χ3n) is 2.29. The zero-order valence-electron chi connectivity index (χ0n) is 15.7. The molecule has 0 saturated heterocycles. The number of hydrogen-bond donors (Lipinski definition) is 1. The molecule has 0 bridgehead atoms. The summed E-state index contributed by atoms with van der Waals surface area (Å²) in [5.74, 6) is -1.39. The maximum Gasteiger partial charge on any atom is 0.333 e. The van der Waals surface area contributed by atoms with E-state index in [1.165, 1.54) is 0 Å². The lowest BCUT2D eigenvalue weighted by Crippen LogP contribution is -2.14. The summed E-state index contributed by atoms with van der Waals surface area (Å²) < 4.78 is 18.9. The SMILES string of the molecule is C=C(C)C(=O)OCCOC(=O)C(=C)C.C=C(C)C(=O)OCCOCCO. The molecule has 26 heavy (non-hydrogen) atoms. The van der Waals surface area contributed by atoms with Gasteiger partial charge in [0.25, 0.3) is 0 Å². The van der Waals surface area contributed by atoms with Crippen LogP contribution < -0.4 is 0 Å². The summed E-state index contributed by atoms with van der Waals surface area (Å²) in [5.41, 5.74) is 1.00. The Kier molecular flexibility index (Phi) is 15.9. The van der Waals surface area contributed by atoms with E-state index >= 15 is 0 Å². The normalized spacial score (nSPS) is 9.23. The van der Waals surface area contributed by atoms with Gasteiger partial charge in [-0.2, -0.15) is 0 Å². The highest BCUT2D eigenvalue weighted by Gasteiger charge is 2.05. The van der Waals surface area contributed by atoms with E-state index in [9.17, 15) is 14.4 Å². The van der Waals surface area contributed by atoms with Crippen LogP contribution in [0.5, 0.6) is 0 Å². The van der Waals surface area contributed by atoms with Gasteiger partial charge >= 0.3 is 17.9 Å². The lowest BCUT2D eigenvalue weighted by Gasteiger charge is -2.05. The van der Waals surface area contributed by atoms with Crippen LogP contribution in [-0.2, 0) is 33.3 Å². The van der Waals surface area contributed by atoms with Crippen LogP contribution in [-0.4, -0.2) is 62.7 Å². The molecule has 0 saturated carbocycles. The van der Waals surface area contributed by atoms with Gasteiger partial charge in [-0.15, -0.1) is 0 Å². The molecule has 148 valence electrons. The van der Waals surface area contributed by atoms with Gasteiger partial charge in [-0.1, -0.05) is 19.7 Å². The van der Waals surface area contributed by atoms with Gasteiger partial charge in [0.15, 0.2) is 0 Å². The molecule has 0 aliphatic heterocycles. The van der Waals surface area contributed by atoms with Gasteiger partial charge in [-0.05, 0) is 20.8 Å². The van der Waals surface area contributed by atoms with Crippen molar-refractivity contribution in [3.63, 3.8) is 0 Å². The lowest BCUT2D eigenvalue weighted by atomic mass is 10.4. The van der Waals surface area contributed by atoms with Gasteiger partial charge in [0.1, 0.15) is 19.8 Å². The summed E-state index contributed by atoms with van der Waals surface area (Å²) >= 11 is 0. The molecule has 8 nitrogen and oxygen atoms in total. The van der Waals surface area contributed by atoms with Crippen LogP contribution in [0, 0.1) is 0 Å². The van der Waals surface area contributed by atoms with E-state index in [2.05, 4.69) is 29.2 Å². The molecule has 0 rings (SSSR count). The Bertz CT molecular complexity index is 479. The molecule has 0 radical (unpaired) electrons. The third-order valence-corrected chi connectivity index (χ3v) is 2.29. The summed E-state index contributed by atoms with van der Waals surface area (Å²) in [5, 5.41) is 8.32. The van der Waals surface area contributed by atoms with Crippen LogP contribution in [0.1, 0.15) is 20.8 Å². The maximum absolute atomic E-state index is 10.8. The Hall–Kier alpha value is -2.45. The maximum atomic E-state index is 10.8. The largest absolute Gasteiger partial charge is 0.460 e. The zero-order valence-corrected chi connectivity index (χ0v) is 15.7. The summed E-state index contributed by atoms with van der Waals surface area (Å²) in [7, 11) is 0. The number of esters is 3. The summed E-state index contributed by atoms with van der Waals surface area (Å²) in [4.78, 5) is 32.4. The monoisotopic (exact) mass is 372 g/mol. The van der Waals surface area contributed by atoms with Crippen molar-refractivity contribution in [2.45, 2.75) is 20.8 Å². The molecule has 0 aromatic rings. The van der Waals surface area contributed by atoms with E-state index in [1.807, 2.05) is 0 Å². The Labute approximate surface area is 154 Å². The highest BCUT2D eigenvalue weighted by atomic mass is 16.6. The molecular formula is C18H28O8. The van der Waals surface area contributed by atoms with Crippen molar-refractivity contribution in [1.82, 2.24) is 0 Å². The minimum absolute atomic E-state index is 0.0194. The number of carbonyl (C=O) groups excluding carboxylic acids is 3. The molecule has 0 aliphatic rings. The second kappa shape index (κ2) is 16.0. The van der Waals surface area contributed by atoms with E-state index < -0.39 is 17.9 Å². The van der Waals surface area contributed by atoms with Gasteiger partial charge < -0.3 is 24.1 Å². The number of aliphatic hydroxyl groups is 1. The molecule has 0 atom stereocenters. The number of rotatable bonds is 11. The average Bonchev–Trinajstić information content (AvgIpc) is 2.58. The second-order valence-corrected chi connectivity index (χ2v) is 5.08. The highest BCUT2D eigenvalue weighted by molar-refractivity contribution is 5.87. The summed E-state index contributed by atoms with van der Waals surface area (Å²) in [6.07, 6.45) is 0. The number of aliphatic hydroxyl groups excluding tert-OH is 1. The molecule has 0 unspecified atom stereocenters. The lowest BCUT2D eigenvalue weighted by molar-refractivity contribution is -0.147. The minimum Gasteiger partial charge on any atom is -0.460 e. The third kappa shape index (κ3) is 16.4. The van der Waals surface area contributed by atoms with Crippen molar-refractivity contribution >= 4 is 17.9 Å². The smallest absolute Gasteiger partial charge is 0.333 e. The van der Waals surface area contributed by atoms with Gasteiger partial charge in [-0.3, -0.25) is 0 Å². The van der Waals surface area contributed by atoms with Gasteiger partial charge in [-0.25, -0.2) is 14.4 Å². The summed E-state index contributed by atoms with van der Waals surface area (Å²) in [6, 6.07) is 0. The van der Waals surface area contributed by atoms with Crippen LogP contribution in [0.15, 0.2) is 36.5 Å². The van der Waals surface area contributed by atoms with E-state index in [4.69, 9.17) is 14.6 Å². The van der Waals surface area contributed by atoms with Crippen molar-refractivity contribution in [1.29, 1.82) is 0 Å². The fourth-order valence-corrected chi connectivity index (χ4v) is 0.998. The van der Waals surface area contributed by atoms with Crippen molar-refractivity contribution in [2.75, 3.05) is 39.6 Å². The first-order valence-electron chi connectivity index (χ1n) is 7.80. The first kappa shape index (κ1) is 25.8. The van der Waals surface area contributed by atoms with Crippen LogP contribution in [0.2, 0.25) is 0 Å². The topological polar surface area (TPSA) is 108 Å². The molecule has 0 heterocycles. The Morgan fingerprint density at radius 1 is 0.654 bits per heavy atom. The highest BCUT2D eigenvalue weighted by Crippen LogP contribution is 1.94. The van der Waals surface area contributed by atoms with Gasteiger partial charge in [0, 0.05) is 16.7 Å². The van der Waals surface area contributed by atoms with Crippen molar-refractivity contribution in [3.8, 4) is 0 Å². The predicted octanol–water partition coefficient (Wildman–Crippen LogP) is 1.34. The van der Waals surface area contributed by atoms with E-state index in [0.29, 0.717) is 23.3 Å². The summed E-state index contributed by atoms with van der Waals surface area (Å²) in [6.45, 7) is 15.7. The average molecular weight is 372 g/mol. The number of hydrogen-bond acceptors (Lipinski definition) is 8. The van der Waals surface area contributed by atoms with Crippen LogP contribution in [0.25, 0.3) is 0 Å². The van der Waals surface area contributed by atoms with Crippen molar-refractivity contribution in [2.24, 2.45) is 0 Å². The molecule has 0 aromatic carbocycles. The van der Waals surface area contributed by atoms with E-state index in [-0.39, 0.29) is 33.0 Å². The number of ether oxygens (including phenoxy) is 4. The first-order chi connectivity index (χ1) is 12.1. The van der Waals surface area contributed by atoms with E-state index in [0.717, 1.165) is 0 Å². The standard InChI is InChI=1S/C10H14O4.C8H14O4/c1-7(2)9(11)13-5-6-14-10(12)8(3)4;1-7(2)8(10)12-6-5-11-4-3-9/h1,3,5-6H2,2,4H3;9H,1,3-6H2,2H3. The van der Waals surface area contributed by atoms with Crippen LogP contribution in [0.4, 0.5) is 0 Å². The molecule has 8 heteroatoms. The Morgan fingerprint density at radius 3 is 1.23 bits per heavy atom. The molecule has 1 N–H and O–H groups in total. The quantitative estimate of drug-likeness (QED) is 0.250. The number of carbonyl (C=O) groups is 3. The van der Waals surface area contributed by atoms with Crippen molar-refractivity contribution < 1.29 is 38.4 Å². The van der Waals surface area contributed by atoms with Crippen LogP contribution >= 0.6 is 0 Å². The fraction of sp³-hybridized carbons (Fsp3) is 0.500. The molecule has 0 fully saturated rings. The minimum atomic E-state index is -0.489. The molecule has 0 aliphatic carbocycles.